The number of nitrogens with one attached hydrogen (secondary N) is 1. The van der Waals surface area contributed by atoms with Gasteiger partial charge in [0.1, 0.15) is 0 Å². The molecule has 0 saturated heterocycles. The zero-order chi connectivity index (χ0) is 20.8. The van der Waals surface area contributed by atoms with Gasteiger partial charge in [0.25, 0.3) is 5.91 Å². The van der Waals surface area contributed by atoms with Crippen molar-refractivity contribution in [2.45, 2.75) is 40.2 Å². The maximum Gasteiger partial charge on any atom is 0.407 e. The van der Waals surface area contributed by atoms with Crippen LogP contribution in [0.4, 0.5) is 10.5 Å². The van der Waals surface area contributed by atoms with E-state index in [2.05, 4.69) is 26.2 Å². The van der Waals surface area contributed by atoms with E-state index in [1.165, 1.54) is 4.90 Å². The van der Waals surface area contributed by atoms with Crippen molar-refractivity contribution >= 4 is 33.6 Å². The van der Waals surface area contributed by atoms with Gasteiger partial charge in [-0.05, 0) is 30.0 Å². The molecule has 3 rings (SSSR count). The number of rotatable bonds is 2. The van der Waals surface area contributed by atoms with Crippen molar-refractivity contribution in [3.05, 3.63) is 45.4 Å². The molecule has 1 atom stereocenters. The molecule has 1 aliphatic rings. The minimum Gasteiger partial charge on any atom is -0.465 e. The molecule has 7 nitrogen and oxygen atoms in total. The van der Waals surface area contributed by atoms with Crippen molar-refractivity contribution in [1.82, 2.24) is 14.5 Å². The lowest BCUT2D eigenvalue weighted by Gasteiger charge is -2.41. The van der Waals surface area contributed by atoms with Crippen LogP contribution in [-0.2, 0) is 13.5 Å². The van der Waals surface area contributed by atoms with Crippen molar-refractivity contribution in [1.29, 1.82) is 0 Å². The molecule has 0 aliphatic carbocycles. The molecular weight excluding hydrogens is 424 g/mol. The second kappa shape index (κ2) is 7.24. The monoisotopic (exact) mass is 448 g/mol. The quantitative estimate of drug-likeness (QED) is 0.713. The number of anilines is 1. The highest BCUT2D eigenvalue weighted by atomic mass is 79.9. The topological polar surface area (TPSA) is 87.5 Å². The second-order valence-electron chi connectivity index (χ2n) is 8.19. The van der Waals surface area contributed by atoms with E-state index in [0.717, 1.165) is 15.7 Å². The molecule has 0 radical (unpaired) electrons. The van der Waals surface area contributed by atoms with Gasteiger partial charge in [0.15, 0.2) is 5.82 Å². The average Bonchev–Trinajstić information content (AvgIpc) is 2.94. The summed E-state index contributed by atoms with van der Waals surface area (Å²) in [7, 11) is 1.81. The number of aromatic nitrogens is 2. The van der Waals surface area contributed by atoms with Gasteiger partial charge in [-0.1, -0.05) is 42.8 Å². The molecule has 1 aliphatic heterocycles. The fourth-order valence-corrected chi connectivity index (χ4v) is 4.15. The zero-order valence-corrected chi connectivity index (χ0v) is 18.3. The molecule has 1 aromatic heterocycles. The maximum atomic E-state index is 12.9. The van der Waals surface area contributed by atoms with Crippen LogP contribution in [0.2, 0.25) is 0 Å². The molecule has 2 heterocycles. The molecule has 0 bridgehead atoms. The van der Waals surface area contributed by atoms with Crippen molar-refractivity contribution in [3.63, 3.8) is 0 Å². The molecule has 150 valence electrons. The number of hydrogen-bond donors (Lipinski definition) is 2. The van der Waals surface area contributed by atoms with Crippen LogP contribution in [0.1, 0.15) is 54.4 Å². The average molecular weight is 449 g/mol. The Hall–Kier alpha value is -2.35. The largest absolute Gasteiger partial charge is 0.465 e. The van der Waals surface area contributed by atoms with E-state index in [0.29, 0.717) is 24.3 Å². The van der Waals surface area contributed by atoms with Crippen LogP contribution in [0.15, 0.2) is 22.7 Å². The van der Waals surface area contributed by atoms with Gasteiger partial charge in [0.05, 0.1) is 11.7 Å². The Balaban J connectivity index is 2.01. The van der Waals surface area contributed by atoms with Gasteiger partial charge in [-0.15, -0.1) is 0 Å². The van der Waals surface area contributed by atoms with Crippen LogP contribution in [-0.4, -0.2) is 38.1 Å². The van der Waals surface area contributed by atoms with Gasteiger partial charge in [-0.2, -0.15) is 0 Å². The Morgan fingerprint density at radius 2 is 2.00 bits per heavy atom. The molecule has 28 heavy (non-hydrogen) atoms. The van der Waals surface area contributed by atoms with E-state index in [9.17, 15) is 14.7 Å². The Morgan fingerprint density at radius 3 is 2.61 bits per heavy atom. The van der Waals surface area contributed by atoms with E-state index in [1.54, 1.807) is 4.57 Å². The summed E-state index contributed by atoms with van der Waals surface area (Å²) in [6.07, 6.45) is -0.437. The normalized spacial score (nSPS) is 16.6. The third-order valence-corrected chi connectivity index (χ3v) is 6.05. The fourth-order valence-electron chi connectivity index (χ4n) is 3.78. The number of carboxylic acid groups (broad SMARTS) is 1. The second-order valence-corrected chi connectivity index (χ2v) is 9.04. The standard InChI is InChI=1S/C20H25BrN4O3/c1-11-12(21)7-6-8-13(11)22-18(26)17-23-15-14(24(17)5)9-10-25(19(27)28)16(15)20(2,3)4/h6-8,16H,9-10H2,1-5H3,(H,22,26)(H,27,28). The number of carbonyl (C=O) groups excluding carboxylic acids is 1. The van der Waals surface area contributed by atoms with Gasteiger partial charge in [-0.3, -0.25) is 9.69 Å². The Bertz CT molecular complexity index is 946. The van der Waals surface area contributed by atoms with Crippen molar-refractivity contribution in [2.24, 2.45) is 12.5 Å². The molecule has 0 saturated carbocycles. The number of hydrogen-bond acceptors (Lipinski definition) is 3. The summed E-state index contributed by atoms with van der Waals surface area (Å²) >= 11 is 3.47. The van der Waals surface area contributed by atoms with Crippen LogP contribution < -0.4 is 5.32 Å². The van der Waals surface area contributed by atoms with Gasteiger partial charge < -0.3 is 15.0 Å². The number of amides is 2. The lowest BCUT2D eigenvalue weighted by atomic mass is 9.81. The molecule has 2 aromatic rings. The first-order chi connectivity index (χ1) is 13.0. The molecule has 1 unspecified atom stereocenters. The predicted molar refractivity (Wildman–Crippen MR) is 111 cm³/mol. The number of imidazole rings is 1. The van der Waals surface area contributed by atoms with Crippen LogP contribution in [0, 0.1) is 12.3 Å². The van der Waals surface area contributed by atoms with E-state index >= 15 is 0 Å². The first-order valence-corrected chi connectivity index (χ1v) is 9.93. The first-order valence-electron chi connectivity index (χ1n) is 9.14. The smallest absolute Gasteiger partial charge is 0.407 e. The fraction of sp³-hybridized carbons (Fsp3) is 0.450. The maximum absolute atomic E-state index is 12.9. The van der Waals surface area contributed by atoms with E-state index in [1.807, 2.05) is 52.9 Å². The van der Waals surface area contributed by atoms with Gasteiger partial charge in [0, 0.05) is 35.9 Å². The highest BCUT2D eigenvalue weighted by Gasteiger charge is 2.42. The van der Waals surface area contributed by atoms with E-state index < -0.39 is 12.1 Å². The van der Waals surface area contributed by atoms with Gasteiger partial charge in [-0.25, -0.2) is 9.78 Å². The number of halogens is 1. The number of carbonyl (C=O) groups is 2. The van der Waals surface area contributed by atoms with E-state index in [-0.39, 0.29) is 17.1 Å². The third kappa shape index (κ3) is 3.53. The Kier molecular flexibility index (Phi) is 5.27. The van der Waals surface area contributed by atoms with Crippen LogP contribution in [0.3, 0.4) is 0 Å². The molecular formula is C20H25BrN4O3. The highest BCUT2D eigenvalue weighted by molar-refractivity contribution is 9.10. The summed E-state index contributed by atoms with van der Waals surface area (Å²) in [6.45, 7) is 8.27. The minimum absolute atomic E-state index is 0.283. The summed E-state index contributed by atoms with van der Waals surface area (Å²) in [5, 5.41) is 12.6. The summed E-state index contributed by atoms with van der Waals surface area (Å²) in [4.78, 5) is 30.8. The highest BCUT2D eigenvalue weighted by Crippen LogP contribution is 2.42. The summed E-state index contributed by atoms with van der Waals surface area (Å²) < 4.78 is 2.70. The lowest BCUT2D eigenvalue weighted by molar-refractivity contribution is 0.0732. The van der Waals surface area contributed by atoms with Crippen LogP contribution in [0.25, 0.3) is 0 Å². The third-order valence-electron chi connectivity index (χ3n) is 5.19. The SMILES string of the molecule is Cc1c(Br)cccc1NC(=O)c1nc2c(n1C)CCN(C(=O)O)C2C(C)(C)C. The minimum atomic E-state index is -0.966. The molecule has 0 spiro atoms. The number of benzene rings is 1. The van der Waals surface area contributed by atoms with Crippen LogP contribution in [0.5, 0.6) is 0 Å². The van der Waals surface area contributed by atoms with Crippen molar-refractivity contribution in [3.8, 4) is 0 Å². The Labute approximate surface area is 172 Å². The molecule has 2 N–H and O–H groups in total. The Morgan fingerprint density at radius 1 is 1.32 bits per heavy atom. The van der Waals surface area contributed by atoms with Gasteiger partial charge in [0.2, 0.25) is 0 Å². The molecule has 0 fully saturated rings. The number of nitrogens with zero attached hydrogens (tertiary/aromatic N) is 3. The predicted octanol–water partition coefficient (Wildman–Crippen LogP) is 4.37. The first kappa shape index (κ1) is 20.4. The van der Waals surface area contributed by atoms with Crippen LogP contribution >= 0.6 is 15.9 Å². The summed E-state index contributed by atoms with van der Waals surface area (Å²) in [6, 6.07) is 5.20. The van der Waals surface area contributed by atoms with E-state index in [4.69, 9.17) is 0 Å². The molecule has 1 aromatic carbocycles. The van der Waals surface area contributed by atoms with Crippen molar-refractivity contribution < 1.29 is 14.7 Å². The zero-order valence-electron chi connectivity index (χ0n) is 16.7. The number of fused-ring (bicyclic) bond motifs is 1. The molecule has 2 amide bonds. The summed E-state index contributed by atoms with van der Waals surface area (Å²) in [5.74, 6) is -0.0292. The lowest BCUT2D eigenvalue weighted by Crippen LogP contribution is -2.45. The summed E-state index contributed by atoms with van der Waals surface area (Å²) in [5.41, 5.74) is 2.86. The molecule has 8 heteroatoms. The van der Waals surface area contributed by atoms with Gasteiger partial charge >= 0.3 is 6.09 Å². The van der Waals surface area contributed by atoms with Crippen molar-refractivity contribution in [2.75, 3.05) is 11.9 Å².